The Morgan fingerprint density at radius 2 is 1.89 bits per heavy atom. The second kappa shape index (κ2) is 9.66. The Kier molecular flexibility index (Phi) is 6.34. The summed E-state index contributed by atoms with van der Waals surface area (Å²) in [5.74, 6) is 0.220. The van der Waals surface area contributed by atoms with Crippen molar-refractivity contribution in [2.75, 3.05) is 11.2 Å². The van der Waals surface area contributed by atoms with Crippen molar-refractivity contribution >= 4 is 49.2 Å². The summed E-state index contributed by atoms with van der Waals surface area (Å²) in [7, 11) is -1.53. The number of carbonyl (C=O) groups excluding carboxylic acids is 1. The first-order valence-corrected chi connectivity index (χ1v) is 14.2. The molecule has 10 heteroatoms. The minimum Gasteiger partial charge on any atom is -0.372 e. The molecule has 0 saturated heterocycles. The average molecular weight is 581 g/mol. The number of carbonyl (C=O) groups is 1. The Labute approximate surface area is 223 Å². The normalized spacial score (nSPS) is 15.5. The number of amides is 1. The first kappa shape index (κ1) is 24.3. The zero-order valence-corrected chi connectivity index (χ0v) is 22.3. The summed E-state index contributed by atoms with van der Waals surface area (Å²) in [4.78, 5) is 29.0. The molecule has 4 aromatic rings. The van der Waals surface area contributed by atoms with Crippen molar-refractivity contribution in [1.82, 2.24) is 15.0 Å². The van der Waals surface area contributed by atoms with E-state index < -0.39 is 16.6 Å². The first-order chi connectivity index (χ1) is 17.9. The molecule has 7 nitrogen and oxygen atoms in total. The highest BCUT2D eigenvalue weighted by atomic mass is 79.9. The second-order valence-electron chi connectivity index (χ2n) is 9.27. The van der Waals surface area contributed by atoms with Crippen molar-refractivity contribution in [3.8, 4) is 0 Å². The molecule has 2 aromatic carbocycles. The SMILES string of the molecule is CS(=O)c1cc(F)ccc1N(Cc1ccc2c3c(c(Br)nc2c1)COC3)C(=O)c1cnc(C2CC2)nc1. The second-order valence-corrected chi connectivity index (χ2v) is 11.4. The minimum absolute atomic E-state index is 0.155. The molecule has 2 aromatic heterocycles. The number of aromatic nitrogens is 3. The monoisotopic (exact) mass is 580 g/mol. The molecule has 1 unspecified atom stereocenters. The largest absolute Gasteiger partial charge is 0.372 e. The topological polar surface area (TPSA) is 85.3 Å². The predicted octanol–water partition coefficient (Wildman–Crippen LogP) is 5.42. The molecule has 2 aliphatic rings. The molecular formula is C27H22BrFN4O3S. The van der Waals surface area contributed by atoms with Crippen LogP contribution in [0.2, 0.25) is 0 Å². The number of anilines is 1. The maximum Gasteiger partial charge on any atom is 0.261 e. The average Bonchev–Trinajstić information content (AvgIpc) is 3.62. The Bertz CT molecular complexity index is 1580. The smallest absolute Gasteiger partial charge is 0.261 e. The van der Waals surface area contributed by atoms with E-state index in [1.807, 2.05) is 18.2 Å². The van der Waals surface area contributed by atoms with Gasteiger partial charge in [-0.3, -0.25) is 9.00 Å². The van der Waals surface area contributed by atoms with Crippen molar-refractivity contribution in [3.63, 3.8) is 0 Å². The van der Waals surface area contributed by atoms with Gasteiger partial charge in [-0.15, -0.1) is 0 Å². The van der Waals surface area contributed by atoms with E-state index in [2.05, 4.69) is 25.9 Å². The molecular weight excluding hydrogens is 559 g/mol. The summed E-state index contributed by atoms with van der Waals surface area (Å²) in [6.45, 7) is 1.20. The molecule has 1 amide bonds. The van der Waals surface area contributed by atoms with Gasteiger partial charge in [-0.2, -0.15) is 0 Å². The van der Waals surface area contributed by atoms with Crippen molar-refractivity contribution < 1.29 is 18.1 Å². The van der Waals surface area contributed by atoms with Gasteiger partial charge in [-0.05, 0) is 64.2 Å². The molecule has 1 aliphatic carbocycles. The van der Waals surface area contributed by atoms with E-state index >= 15 is 0 Å². The van der Waals surface area contributed by atoms with Crippen molar-refractivity contribution in [3.05, 3.63) is 87.3 Å². The number of hydrogen-bond acceptors (Lipinski definition) is 6. The van der Waals surface area contributed by atoms with Crippen molar-refractivity contribution in [2.45, 2.75) is 43.4 Å². The van der Waals surface area contributed by atoms with E-state index in [4.69, 9.17) is 9.72 Å². The Hall–Kier alpha value is -3.08. The van der Waals surface area contributed by atoms with Crippen LogP contribution in [0.15, 0.2) is 58.3 Å². The fourth-order valence-electron chi connectivity index (χ4n) is 4.60. The van der Waals surface area contributed by atoms with E-state index in [0.29, 0.717) is 30.4 Å². The summed E-state index contributed by atoms with van der Waals surface area (Å²) in [5, 5.41) is 0.999. The van der Waals surface area contributed by atoms with E-state index in [1.54, 1.807) is 0 Å². The number of pyridine rings is 1. The van der Waals surface area contributed by atoms with Crippen molar-refractivity contribution in [2.24, 2.45) is 0 Å². The Balaban J connectivity index is 1.42. The highest BCUT2D eigenvalue weighted by Crippen LogP contribution is 2.38. The maximum atomic E-state index is 14.1. The van der Waals surface area contributed by atoms with E-state index in [0.717, 1.165) is 50.9 Å². The summed E-state index contributed by atoms with van der Waals surface area (Å²) in [5.41, 5.74) is 4.41. The molecule has 37 heavy (non-hydrogen) atoms. The molecule has 1 fully saturated rings. The van der Waals surface area contributed by atoms with Gasteiger partial charge in [0.15, 0.2) is 0 Å². The van der Waals surface area contributed by atoms with E-state index in [1.165, 1.54) is 41.7 Å². The number of fused-ring (bicyclic) bond motifs is 3. The van der Waals surface area contributed by atoms with Gasteiger partial charge in [0, 0.05) is 35.5 Å². The fourth-order valence-corrected chi connectivity index (χ4v) is 5.89. The van der Waals surface area contributed by atoms with Crippen LogP contribution in [0.4, 0.5) is 10.1 Å². The number of halogens is 2. The first-order valence-electron chi connectivity index (χ1n) is 11.8. The molecule has 0 radical (unpaired) electrons. The molecule has 0 spiro atoms. The Morgan fingerprint density at radius 1 is 1.14 bits per heavy atom. The standard InChI is InChI=1S/C27H22BrFN4O3S/c1-37(35)24-9-18(29)5-7-23(24)33(27(34)17-10-30-26(31-11-17)16-3-4-16)12-15-2-6-19-20-13-36-14-21(20)25(28)32-22(19)8-15/h2,5-11,16H,3-4,12-14H2,1H3. The molecule has 188 valence electrons. The lowest BCUT2D eigenvalue weighted by molar-refractivity contribution is 0.0984. The number of nitrogens with zero attached hydrogens (tertiary/aromatic N) is 4. The summed E-state index contributed by atoms with van der Waals surface area (Å²) in [6, 6.07) is 9.82. The van der Waals surface area contributed by atoms with Gasteiger partial charge in [-0.25, -0.2) is 19.3 Å². The molecule has 1 aliphatic heterocycles. The van der Waals surface area contributed by atoms with Gasteiger partial charge in [0.1, 0.15) is 16.2 Å². The van der Waals surface area contributed by atoms with Gasteiger partial charge < -0.3 is 9.64 Å². The van der Waals surface area contributed by atoms with Crippen molar-refractivity contribution in [1.29, 1.82) is 0 Å². The van der Waals surface area contributed by atoms with Crippen LogP contribution < -0.4 is 4.90 Å². The quantitative estimate of drug-likeness (QED) is 0.283. The van der Waals surface area contributed by atoms with Crippen LogP contribution in [-0.4, -0.2) is 31.3 Å². The third-order valence-electron chi connectivity index (χ3n) is 6.68. The molecule has 1 saturated carbocycles. The lowest BCUT2D eigenvalue weighted by Crippen LogP contribution is -2.31. The van der Waals surface area contributed by atoms with Gasteiger partial charge >= 0.3 is 0 Å². The van der Waals surface area contributed by atoms with Crippen LogP contribution in [0, 0.1) is 5.82 Å². The molecule has 1 atom stereocenters. The van der Waals surface area contributed by atoms with Gasteiger partial charge in [0.25, 0.3) is 5.91 Å². The fraction of sp³-hybridized carbons (Fsp3) is 0.259. The zero-order chi connectivity index (χ0) is 25.7. The van der Waals surface area contributed by atoms with Gasteiger partial charge in [0.05, 0.1) is 52.2 Å². The third-order valence-corrected chi connectivity index (χ3v) is 8.28. The number of benzene rings is 2. The van der Waals surface area contributed by atoms with Crippen LogP contribution in [0.5, 0.6) is 0 Å². The molecule has 6 rings (SSSR count). The van der Waals surface area contributed by atoms with Crippen LogP contribution in [0.25, 0.3) is 10.9 Å². The number of ether oxygens (including phenoxy) is 1. The lowest BCUT2D eigenvalue weighted by Gasteiger charge is -2.25. The predicted molar refractivity (Wildman–Crippen MR) is 141 cm³/mol. The van der Waals surface area contributed by atoms with Crippen LogP contribution in [0.3, 0.4) is 0 Å². The summed E-state index contributed by atoms with van der Waals surface area (Å²) >= 11 is 3.55. The maximum absolute atomic E-state index is 14.1. The Morgan fingerprint density at radius 3 is 2.62 bits per heavy atom. The molecule has 0 N–H and O–H groups in total. The minimum atomic E-state index is -1.53. The molecule has 0 bridgehead atoms. The zero-order valence-electron chi connectivity index (χ0n) is 19.9. The van der Waals surface area contributed by atoms with Gasteiger partial charge in [-0.1, -0.05) is 12.1 Å². The lowest BCUT2D eigenvalue weighted by atomic mass is 10.0. The highest BCUT2D eigenvalue weighted by molar-refractivity contribution is 9.10. The number of rotatable bonds is 6. The van der Waals surface area contributed by atoms with Crippen LogP contribution in [-0.2, 0) is 35.3 Å². The van der Waals surface area contributed by atoms with Crippen LogP contribution >= 0.6 is 15.9 Å². The molecule has 3 heterocycles. The number of hydrogen-bond donors (Lipinski definition) is 0. The van der Waals surface area contributed by atoms with Gasteiger partial charge in [0.2, 0.25) is 0 Å². The van der Waals surface area contributed by atoms with E-state index in [9.17, 15) is 13.4 Å². The highest BCUT2D eigenvalue weighted by Gasteiger charge is 2.28. The summed E-state index contributed by atoms with van der Waals surface area (Å²) in [6.07, 6.45) is 6.65. The van der Waals surface area contributed by atoms with Crippen LogP contribution in [0.1, 0.15) is 51.6 Å². The third kappa shape index (κ3) is 4.69. The summed E-state index contributed by atoms with van der Waals surface area (Å²) < 4.78 is 33.0. The van der Waals surface area contributed by atoms with E-state index in [-0.39, 0.29) is 17.3 Å².